The van der Waals surface area contributed by atoms with E-state index in [0.717, 1.165) is 31.6 Å². The molecule has 4 heteroatoms. The van der Waals surface area contributed by atoms with E-state index in [-0.39, 0.29) is 23.3 Å². The van der Waals surface area contributed by atoms with Crippen LogP contribution < -0.4 is 10.1 Å². The van der Waals surface area contributed by atoms with E-state index in [9.17, 15) is 9.90 Å². The maximum absolute atomic E-state index is 12.3. The summed E-state index contributed by atoms with van der Waals surface area (Å²) in [5.41, 5.74) is 0.279. The van der Waals surface area contributed by atoms with Gasteiger partial charge in [-0.15, -0.1) is 0 Å². The zero-order valence-electron chi connectivity index (χ0n) is 12.2. The molecule has 1 saturated carbocycles. The van der Waals surface area contributed by atoms with Crippen LogP contribution in [-0.4, -0.2) is 24.2 Å². The van der Waals surface area contributed by atoms with E-state index in [1.807, 2.05) is 0 Å². The van der Waals surface area contributed by atoms with Gasteiger partial charge < -0.3 is 15.2 Å². The minimum Gasteiger partial charge on any atom is -0.507 e. The van der Waals surface area contributed by atoms with E-state index in [1.54, 1.807) is 19.2 Å². The van der Waals surface area contributed by atoms with Crippen LogP contribution in [-0.2, 0) is 0 Å². The lowest BCUT2D eigenvalue weighted by Gasteiger charge is -2.17. The van der Waals surface area contributed by atoms with Gasteiger partial charge in [0.25, 0.3) is 5.91 Å². The van der Waals surface area contributed by atoms with Crippen molar-refractivity contribution in [2.24, 2.45) is 5.92 Å². The lowest BCUT2D eigenvalue weighted by atomic mass is 10.0. The quantitative estimate of drug-likeness (QED) is 0.835. The maximum atomic E-state index is 12.3. The van der Waals surface area contributed by atoms with E-state index in [1.165, 1.54) is 12.5 Å². The number of benzene rings is 1. The minimum absolute atomic E-state index is 0.00899. The lowest BCUT2D eigenvalue weighted by Crippen LogP contribution is -2.34. The molecule has 1 amide bonds. The molecule has 0 radical (unpaired) electrons. The molecule has 0 saturated heterocycles. The van der Waals surface area contributed by atoms with Crippen molar-refractivity contribution in [3.63, 3.8) is 0 Å². The van der Waals surface area contributed by atoms with Gasteiger partial charge in [-0.1, -0.05) is 19.8 Å². The highest BCUT2D eigenvalue weighted by Crippen LogP contribution is 2.25. The summed E-state index contributed by atoms with van der Waals surface area (Å²) in [4.78, 5) is 12.3. The largest absolute Gasteiger partial charge is 0.507 e. The molecule has 1 aromatic carbocycles. The second-order valence-corrected chi connectivity index (χ2v) is 5.67. The molecule has 1 aliphatic carbocycles. The molecule has 0 aliphatic heterocycles. The van der Waals surface area contributed by atoms with Crippen LogP contribution in [0.4, 0.5) is 0 Å². The monoisotopic (exact) mass is 277 g/mol. The summed E-state index contributed by atoms with van der Waals surface area (Å²) in [6.07, 6.45) is 5.56. The Balaban J connectivity index is 2.04. The third kappa shape index (κ3) is 3.65. The molecule has 1 aromatic rings. The Labute approximate surface area is 120 Å². The van der Waals surface area contributed by atoms with Gasteiger partial charge in [0.05, 0.1) is 12.7 Å². The highest BCUT2D eigenvalue weighted by Gasteiger charge is 2.20. The normalized spacial score (nSPS) is 22.9. The summed E-state index contributed by atoms with van der Waals surface area (Å²) in [6.45, 7) is 2.26. The van der Waals surface area contributed by atoms with Gasteiger partial charge in [-0.05, 0) is 43.4 Å². The summed E-state index contributed by atoms with van der Waals surface area (Å²) in [6, 6.07) is 4.91. The molecular formula is C16H23NO3. The molecule has 110 valence electrons. The second kappa shape index (κ2) is 6.64. The summed E-state index contributed by atoms with van der Waals surface area (Å²) in [7, 11) is 1.54. The number of amides is 1. The summed E-state index contributed by atoms with van der Waals surface area (Å²) in [5, 5.41) is 12.8. The number of ether oxygens (including phenoxy) is 1. The van der Waals surface area contributed by atoms with Crippen molar-refractivity contribution in [3.8, 4) is 11.5 Å². The van der Waals surface area contributed by atoms with Crippen molar-refractivity contribution in [2.45, 2.75) is 45.1 Å². The predicted molar refractivity (Wildman–Crippen MR) is 78.2 cm³/mol. The average molecular weight is 277 g/mol. The van der Waals surface area contributed by atoms with Crippen molar-refractivity contribution in [3.05, 3.63) is 23.8 Å². The van der Waals surface area contributed by atoms with Crippen LogP contribution in [0.25, 0.3) is 0 Å². The number of methoxy groups -OCH3 is 1. The first kappa shape index (κ1) is 14.7. The van der Waals surface area contributed by atoms with Gasteiger partial charge >= 0.3 is 0 Å². The Morgan fingerprint density at radius 1 is 1.30 bits per heavy atom. The van der Waals surface area contributed by atoms with Crippen molar-refractivity contribution in [2.75, 3.05) is 7.11 Å². The van der Waals surface area contributed by atoms with E-state index in [2.05, 4.69) is 12.2 Å². The van der Waals surface area contributed by atoms with Crippen molar-refractivity contribution in [1.29, 1.82) is 0 Å². The topological polar surface area (TPSA) is 58.6 Å². The standard InChI is InChI=1S/C16H23NO3/c1-11-4-3-5-12(7-6-11)17-16(19)14-10-13(20-2)8-9-15(14)18/h8-12,18H,3-7H2,1-2H3,(H,17,19). The molecule has 2 unspecified atom stereocenters. The molecule has 1 aliphatic rings. The highest BCUT2D eigenvalue weighted by molar-refractivity contribution is 5.97. The van der Waals surface area contributed by atoms with Gasteiger partial charge in [0.2, 0.25) is 0 Å². The average Bonchev–Trinajstić information content (AvgIpc) is 2.64. The molecule has 1 fully saturated rings. The fourth-order valence-corrected chi connectivity index (χ4v) is 2.72. The van der Waals surface area contributed by atoms with Crippen LogP contribution >= 0.6 is 0 Å². The van der Waals surface area contributed by atoms with Gasteiger partial charge in [-0.2, -0.15) is 0 Å². The summed E-state index contributed by atoms with van der Waals surface area (Å²) >= 11 is 0. The maximum Gasteiger partial charge on any atom is 0.255 e. The van der Waals surface area contributed by atoms with Crippen LogP contribution in [0.5, 0.6) is 11.5 Å². The molecule has 2 atom stereocenters. The number of carbonyl (C=O) groups is 1. The van der Waals surface area contributed by atoms with E-state index >= 15 is 0 Å². The zero-order chi connectivity index (χ0) is 14.5. The second-order valence-electron chi connectivity index (χ2n) is 5.67. The van der Waals surface area contributed by atoms with Crippen molar-refractivity contribution >= 4 is 5.91 Å². The van der Waals surface area contributed by atoms with Crippen LogP contribution in [0.2, 0.25) is 0 Å². The Bertz CT molecular complexity index is 473. The predicted octanol–water partition coefficient (Wildman–Crippen LogP) is 3.10. The lowest BCUT2D eigenvalue weighted by molar-refractivity contribution is 0.0930. The molecule has 0 bridgehead atoms. The van der Waals surface area contributed by atoms with E-state index < -0.39 is 0 Å². The molecule has 4 nitrogen and oxygen atoms in total. The van der Waals surface area contributed by atoms with Crippen molar-refractivity contribution in [1.82, 2.24) is 5.32 Å². The zero-order valence-corrected chi connectivity index (χ0v) is 12.2. The molecule has 0 heterocycles. The van der Waals surface area contributed by atoms with Gasteiger partial charge in [-0.25, -0.2) is 0 Å². The number of carbonyl (C=O) groups excluding carboxylic acids is 1. The fraction of sp³-hybridized carbons (Fsp3) is 0.562. The van der Waals surface area contributed by atoms with Crippen LogP contribution in [0.1, 0.15) is 49.4 Å². The third-order valence-electron chi connectivity index (χ3n) is 4.04. The SMILES string of the molecule is COc1ccc(O)c(C(=O)NC2CCCC(C)CC2)c1. The van der Waals surface area contributed by atoms with Crippen molar-refractivity contribution < 1.29 is 14.6 Å². The first-order chi connectivity index (χ1) is 9.60. The Hall–Kier alpha value is -1.71. The van der Waals surface area contributed by atoms with Crippen LogP contribution in [0, 0.1) is 5.92 Å². The van der Waals surface area contributed by atoms with E-state index in [0.29, 0.717) is 5.75 Å². The van der Waals surface area contributed by atoms with Gasteiger partial charge in [0.1, 0.15) is 11.5 Å². The molecule has 2 rings (SSSR count). The fourth-order valence-electron chi connectivity index (χ4n) is 2.72. The summed E-state index contributed by atoms with van der Waals surface area (Å²) < 4.78 is 5.09. The Morgan fingerprint density at radius 2 is 2.10 bits per heavy atom. The van der Waals surface area contributed by atoms with E-state index in [4.69, 9.17) is 4.74 Å². The van der Waals surface area contributed by atoms with Crippen LogP contribution in [0.15, 0.2) is 18.2 Å². The minimum atomic E-state index is -0.221. The number of aromatic hydroxyl groups is 1. The number of phenolic OH excluding ortho intramolecular Hbond substituents is 1. The molecule has 20 heavy (non-hydrogen) atoms. The molecule has 0 spiro atoms. The van der Waals surface area contributed by atoms with Gasteiger partial charge in [0, 0.05) is 6.04 Å². The smallest absolute Gasteiger partial charge is 0.255 e. The molecule has 2 N–H and O–H groups in total. The number of rotatable bonds is 3. The molecular weight excluding hydrogens is 254 g/mol. The first-order valence-electron chi connectivity index (χ1n) is 7.28. The van der Waals surface area contributed by atoms with Gasteiger partial charge in [-0.3, -0.25) is 4.79 Å². The summed E-state index contributed by atoms with van der Waals surface area (Å²) in [5.74, 6) is 1.08. The Morgan fingerprint density at radius 3 is 2.85 bits per heavy atom. The third-order valence-corrected chi connectivity index (χ3v) is 4.04. The number of hydrogen-bond donors (Lipinski definition) is 2. The number of phenols is 1. The first-order valence-corrected chi connectivity index (χ1v) is 7.28. The van der Waals surface area contributed by atoms with Gasteiger partial charge in [0.15, 0.2) is 0 Å². The molecule has 0 aromatic heterocycles. The number of hydrogen-bond acceptors (Lipinski definition) is 3. The highest BCUT2D eigenvalue weighted by atomic mass is 16.5. The number of nitrogens with one attached hydrogen (secondary N) is 1. The van der Waals surface area contributed by atoms with Crippen LogP contribution in [0.3, 0.4) is 0 Å². The Kier molecular flexibility index (Phi) is 4.88.